The fourth-order valence-corrected chi connectivity index (χ4v) is 4.79. The lowest BCUT2D eigenvalue weighted by molar-refractivity contribution is 0.100. The number of rotatable bonds is 5. The van der Waals surface area contributed by atoms with Gasteiger partial charge in [0.15, 0.2) is 0 Å². The zero-order chi connectivity index (χ0) is 17.2. The number of piperazine rings is 1. The number of aromatic nitrogens is 1. The van der Waals surface area contributed by atoms with Gasteiger partial charge < -0.3 is 15.5 Å². The van der Waals surface area contributed by atoms with Crippen molar-refractivity contribution >= 4 is 33.1 Å². The summed E-state index contributed by atoms with van der Waals surface area (Å²) in [5.41, 5.74) is 5.44. The van der Waals surface area contributed by atoms with Crippen LogP contribution < -0.4 is 10.6 Å². The maximum absolute atomic E-state index is 11.5. The fourth-order valence-electron chi connectivity index (χ4n) is 3.77. The van der Waals surface area contributed by atoms with Crippen LogP contribution in [0.1, 0.15) is 22.5 Å². The van der Waals surface area contributed by atoms with Crippen LogP contribution in [0.4, 0.5) is 5.82 Å². The van der Waals surface area contributed by atoms with Gasteiger partial charge in [-0.2, -0.15) is 0 Å². The topological polar surface area (TPSA) is 65.7 Å². The summed E-state index contributed by atoms with van der Waals surface area (Å²) in [7, 11) is 0. The summed E-state index contributed by atoms with van der Waals surface area (Å²) in [5, 5.41) is 1.06. The van der Waals surface area contributed by atoms with E-state index in [0.29, 0.717) is 4.88 Å². The van der Waals surface area contributed by atoms with Crippen molar-refractivity contribution in [2.75, 3.05) is 57.3 Å². The Labute approximate surface area is 152 Å². The largest absolute Gasteiger partial charge is 0.365 e. The number of nitrogens with zero attached hydrogens (tertiary/aromatic N) is 4. The molecule has 0 aromatic carbocycles. The number of carbonyl (C=O) groups is 1. The van der Waals surface area contributed by atoms with E-state index in [-0.39, 0.29) is 5.91 Å². The lowest BCUT2D eigenvalue weighted by Crippen LogP contribution is -2.48. The van der Waals surface area contributed by atoms with Gasteiger partial charge in [0, 0.05) is 45.5 Å². The van der Waals surface area contributed by atoms with Crippen molar-refractivity contribution in [1.29, 1.82) is 0 Å². The van der Waals surface area contributed by atoms with E-state index in [2.05, 4.69) is 19.7 Å². The highest BCUT2D eigenvalue weighted by Crippen LogP contribution is 2.32. The lowest BCUT2D eigenvalue weighted by Gasteiger charge is -2.36. The Bertz CT molecular complexity index is 747. The smallest absolute Gasteiger partial charge is 0.258 e. The molecule has 0 bridgehead atoms. The van der Waals surface area contributed by atoms with Gasteiger partial charge in [-0.3, -0.25) is 9.69 Å². The predicted octanol–water partition coefficient (Wildman–Crippen LogP) is 1.61. The lowest BCUT2D eigenvalue weighted by atomic mass is 10.2. The van der Waals surface area contributed by atoms with E-state index in [1.54, 1.807) is 0 Å². The molecule has 0 radical (unpaired) electrons. The second-order valence-electron chi connectivity index (χ2n) is 6.91. The second kappa shape index (κ2) is 7.27. The first-order chi connectivity index (χ1) is 12.2. The number of carbonyl (C=O) groups excluding carboxylic acids is 1. The molecule has 134 valence electrons. The first-order valence-corrected chi connectivity index (χ1v) is 9.90. The average molecular weight is 359 g/mol. The van der Waals surface area contributed by atoms with Crippen LogP contribution in [0.3, 0.4) is 0 Å². The van der Waals surface area contributed by atoms with Crippen molar-refractivity contribution in [3.05, 3.63) is 23.2 Å². The van der Waals surface area contributed by atoms with E-state index in [9.17, 15) is 4.79 Å². The number of fused-ring (bicyclic) bond motifs is 1. The molecule has 2 fully saturated rings. The molecule has 2 N–H and O–H groups in total. The standard InChI is InChI=1S/C18H25N5OS/c19-17(24)15-13-14-3-4-20-18(16(14)25-15)23-11-9-22(10-12-23)8-7-21-5-1-2-6-21/h3-4,13H,1-2,5-12H2,(H2,19,24). The SMILES string of the molecule is NC(=O)c1cc2ccnc(N3CCN(CCN4CCCC4)CC3)c2s1. The molecule has 4 rings (SSSR count). The molecule has 0 unspecified atom stereocenters. The highest BCUT2D eigenvalue weighted by atomic mass is 32.1. The molecule has 2 aliphatic rings. The predicted molar refractivity (Wildman–Crippen MR) is 102 cm³/mol. The highest BCUT2D eigenvalue weighted by molar-refractivity contribution is 7.21. The highest BCUT2D eigenvalue weighted by Gasteiger charge is 2.22. The third kappa shape index (κ3) is 3.63. The van der Waals surface area contributed by atoms with Crippen LogP contribution in [-0.4, -0.2) is 73.0 Å². The Balaban J connectivity index is 1.40. The molecule has 0 saturated carbocycles. The van der Waals surface area contributed by atoms with Crippen molar-refractivity contribution in [2.24, 2.45) is 5.73 Å². The van der Waals surface area contributed by atoms with E-state index in [4.69, 9.17) is 5.73 Å². The first kappa shape index (κ1) is 16.8. The summed E-state index contributed by atoms with van der Waals surface area (Å²) in [6.07, 6.45) is 4.55. The third-order valence-electron chi connectivity index (χ3n) is 5.26. The molecule has 1 amide bonds. The molecule has 2 aliphatic heterocycles. The maximum Gasteiger partial charge on any atom is 0.258 e. The third-order valence-corrected chi connectivity index (χ3v) is 6.42. The Hall–Kier alpha value is -1.70. The van der Waals surface area contributed by atoms with E-state index in [1.165, 1.54) is 43.8 Å². The van der Waals surface area contributed by atoms with Crippen molar-refractivity contribution in [3.63, 3.8) is 0 Å². The summed E-state index contributed by atoms with van der Waals surface area (Å²) in [5.74, 6) is 0.632. The minimum Gasteiger partial charge on any atom is -0.365 e. The Kier molecular flexibility index (Phi) is 4.87. The number of likely N-dealkylation sites (tertiary alicyclic amines) is 1. The van der Waals surface area contributed by atoms with Gasteiger partial charge in [0.25, 0.3) is 5.91 Å². The van der Waals surface area contributed by atoms with E-state index in [0.717, 1.165) is 48.6 Å². The number of hydrogen-bond donors (Lipinski definition) is 1. The van der Waals surface area contributed by atoms with Gasteiger partial charge in [-0.1, -0.05) is 0 Å². The number of nitrogens with two attached hydrogens (primary N) is 1. The zero-order valence-corrected chi connectivity index (χ0v) is 15.3. The van der Waals surface area contributed by atoms with Crippen LogP contribution >= 0.6 is 11.3 Å². The molecule has 2 aromatic heterocycles. The number of anilines is 1. The van der Waals surface area contributed by atoms with Crippen molar-refractivity contribution in [2.45, 2.75) is 12.8 Å². The van der Waals surface area contributed by atoms with E-state index >= 15 is 0 Å². The Morgan fingerprint density at radius 3 is 2.44 bits per heavy atom. The normalized spacial score (nSPS) is 19.8. The van der Waals surface area contributed by atoms with Gasteiger partial charge in [0.2, 0.25) is 0 Å². The van der Waals surface area contributed by atoms with E-state index < -0.39 is 0 Å². The van der Waals surface area contributed by atoms with Crippen LogP contribution in [0, 0.1) is 0 Å². The molecule has 2 aromatic rings. The maximum atomic E-state index is 11.5. The van der Waals surface area contributed by atoms with Gasteiger partial charge >= 0.3 is 0 Å². The summed E-state index contributed by atoms with van der Waals surface area (Å²) in [4.78, 5) is 24.1. The molecule has 2 saturated heterocycles. The molecule has 6 nitrogen and oxygen atoms in total. The monoisotopic (exact) mass is 359 g/mol. The molecular formula is C18H25N5OS. The van der Waals surface area contributed by atoms with Gasteiger partial charge in [0.1, 0.15) is 5.82 Å². The average Bonchev–Trinajstić information content (AvgIpc) is 3.29. The number of amides is 1. The minimum atomic E-state index is -0.362. The Morgan fingerprint density at radius 2 is 1.76 bits per heavy atom. The number of hydrogen-bond acceptors (Lipinski definition) is 6. The van der Waals surface area contributed by atoms with Gasteiger partial charge in [-0.15, -0.1) is 11.3 Å². The van der Waals surface area contributed by atoms with Gasteiger partial charge in [-0.05, 0) is 43.5 Å². The quantitative estimate of drug-likeness (QED) is 0.879. The molecule has 0 atom stereocenters. The van der Waals surface area contributed by atoms with Crippen LogP contribution in [0.15, 0.2) is 18.3 Å². The number of pyridine rings is 1. The summed E-state index contributed by atoms with van der Waals surface area (Å²) in [6, 6.07) is 3.83. The van der Waals surface area contributed by atoms with Crippen molar-refractivity contribution < 1.29 is 4.79 Å². The molecule has 25 heavy (non-hydrogen) atoms. The number of thiophene rings is 1. The summed E-state index contributed by atoms with van der Waals surface area (Å²) >= 11 is 1.45. The van der Waals surface area contributed by atoms with Gasteiger partial charge in [-0.25, -0.2) is 4.98 Å². The Morgan fingerprint density at radius 1 is 1.08 bits per heavy atom. The first-order valence-electron chi connectivity index (χ1n) is 9.09. The van der Waals surface area contributed by atoms with E-state index in [1.807, 2.05) is 18.3 Å². The molecule has 0 aliphatic carbocycles. The van der Waals surface area contributed by atoms with Crippen molar-refractivity contribution in [1.82, 2.24) is 14.8 Å². The van der Waals surface area contributed by atoms with Gasteiger partial charge in [0.05, 0.1) is 9.58 Å². The summed E-state index contributed by atoms with van der Waals surface area (Å²) in [6.45, 7) is 9.00. The summed E-state index contributed by atoms with van der Waals surface area (Å²) < 4.78 is 1.07. The van der Waals surface area contributed by atoms with Crippen molar-refractivity contribution in [3.8, 4) is 0 Å². The van der Waals surface area contributed by atoms with Crippen LogP contribution in [-0.2, 0) is 0 Å². The molecule has 0 spiro atoms. The minimum absolute atomic E-state index is 0.362. The van der Waals surface area contributed by atoms with Crippen LogP contribution in [0.5, 0.6) is 0 Å². The molecule has 7 heteroatoms. The molecule has 4 heterocycles. The second-order valence-corrected chi connectivity index (χ2v) is 7.96. The number of primary amides is 1. The van der Waals surface area contributed by atoms with Crippen LogP contribution in [0.2, 0.25) is 0 Å². The zero-order valence-electron chi connectivity index (χ0n) is 14.5. The van der Waals surface area contributed by atoms with Crippen LogP contribution in [0.25, 0.3) is 10.1 Å². The molecular weight excluding hydrogens is 334 g/mol. The fraction of sp³-hybridized carbons (Fsp3) is 0.556.